The van der Waals surface area contributed by atoms with Gasteiger partial charge in [-0.15, -0.1) is 6.42 Å². The van der Waals surface area contributed by atoms with Crippen LogP contribution in [0.25, 0.3) is 0 Å². The molecule has 0 saturated heterocycles. The van der Waals surface area contributed by atoms with Crippen LogP contribution in [-0.4, -0.2) is 42.5 Å². The predicted octanol–water partition coefficient (Wildman–Crippen LogP) is 1.40. The molecule has 0 aliphatic carbocycles. The molecule has 0 aromatic heterocycles. The van der Waals surface area contributed by atoms with E-state index in [2.05, 4.69) is 5.92 Å². The molecular weight excluding hydrogens is 164 g/mol. The number of terminal acetylenes is 1. The summed E-state index contributed by atoms with van der Waals surface area (Å²) in [5, 5.41) is 0. The largest absolute Gasteiger partial charge is 0.328 e. The van der Waals surface area contributed by atoms with Crippen molar-refractivity contribution in [1.29, 1.82) is 0 Å². The molecule has 0 radical (unpaired) electrons. The second kappa shape index (κ2) is 6.36. The van der Waals surface area contributed by atoms with Gasteiger partial charge in [-0.3, -0.25) is 0 Å². The first-order chi connectivity index (χ1) is 6.17. The molecule has 0 aromatic rings. The summed E-state index contributed by atoms with van der Waals surface area (Å²) in [5.74, 6) is 2.49. The number of urea groups is 1. The Kier molecular flexibility index (Phi) is 5.79. The highest BCUT2D eigenvalue weighted by Gasteiger charge is 2.14. The molecule has 0 rings (SSSR count). The summed E-state index contributed by atoms with van der Waals surface area (Å²) < 4.78 is 0. The number of amides is 2. The van der Waals surface area contributed by atoms with E-state index < -0.39 is 0 Å². The highest BCUT2D eigenvalue weighted by atomic mass is 16.2. The Morgan fingerprint density at radius 2 is 2.08 bits per heavy atom. The second-order valence-electron chi connectivity index (χ2n) is 2.92. The summed E-state index contributed by atoms with van der Waals surface area (Å²) in [6, 6.07) is 0.0160. The van der Waals surface area contributed by atoms with Crippen molar-refractivity contribution in [2.24, 2.45) is 0 Å². The maximum Gasteiger partial charge on any atom is 0.320 e. The minimum absolute atomic E-state index is 0.0160. The number of carbonyl (C=O) groups is 1. The van der Waals surface area contributed by atoms with Crippen molar-refractivity contribution < 1.29 is 4.79 Å². The fourth-order valence-corrected chi connectivity index (χ4v) is 0.999. The Hall–Kier alpha value is -1.17. The maximum absolute atomic E-state index is 11.6. The number of rotatable bonds is 4. The van der Waals surface area contributed by atoms with Gasteiger partial charge in [-0.05, 0) is 13.3 Å². The molecule has 0 atom stereocenters. The van der Waals surface area contributed by atoms with Gasteiger partial charge in [0.2, 0.25) is 0 Å². The second-order valence-corrected chi connectivity index (χ2v) is 2.92. The van der Waals surface area contributed by atoms with Crippen molar-refractivity contribution in [2.75, 3.05) is 26.7 Å². The summed E-state index contributed by atoms with van der Waals surface area (Å²) in [5.41, 5.74) is 0. The Morgan fingerprint density at radius 3 is 2.46 bits per heavy atom. The number of nitrogens with zero attached hydrogens (tertiary/aromatic N) is 2. The molecule has 3 heteroatoms. The first-order valence-corrected chi connectivity index (χ1v) is 4.60. The summed E-state index contributed by atoms with van der Waals surface area (Å²) >= 11 is 0. The third-order valence-corrected chi connectivity index (χ3v) is 1.85. The van der Waals surface area contributed by atoms with E-state index in [-0.39, 0.29) is 6.03 Å². The Labute approximate surface area is 80.7 Å². The molecule has 0 aromatic carbocycles. The molecule has 0 fully saturated rings. The van der Waals surface area contributed by atoms with E-state index in [9.17, 15) is 4.79 Å². The first-order valence-electron chi connectivity index (χ1n) is 4.60. The lowest BCUT2D eigenvalue weighted by atomic mass is 10.4. The fourth-order valence-electron chi connectivity index (χ4n) is 0.999. The number of hydrogen-bond acceptors (Lipinski definition) is 1. The monoisotopic (exact) mass is 182 g/mol. The third kappa shape index (κ3) is 3.84. The quantitative estimate of drug-likeness (QED) is 0.603. The van der Waals surface area contributed by atoms with Crippen molar-refractivity contribution in [2.45, 2.75) is 20.3 Å². The minimum atomic E-state index is 0.0160. The molecule has 0 N–H and O–H groups in total. The summed E-state index contributed by atoms with van der Waals surface area (Å²) in [7, 11) is 1.78. The molecule has 0 heterocycles. The Morgan fingerprint density at radius 1 is 1.46 bits per heavy atom. The molecular formula is C10H18N2O. The van der Waals surface area contributed by atoms with E-state index in [1.807, 2.05) is 13.8 Å². The van der Waals surface area contributed by atoms with Crippen LogP contribution in [0.1, 0.15) is 20.3 Å². The van der Waals surface area contributed by atoms with Gasteiger partial charge in [0.25, 0.3) is 0 Å². The topological polar surface area (TPSA) is 23.6 Å². The van der Waals surface area contributed by atoms with Crippen LogP contribution in [0.4, 0.5) is 4.79 Å². The summed E-state index contributed by atoms with van der Waals surface area (Å²) in [6.45, 7) is 5.81. The molecule has 0 aliphatic rings. The molecule has 13 heavy (non-hydrogen) atoms. The zero-order valence-corrected chi connectivity index (χ0v) is 8.71. The molecule has 3 nitrogen and oxygen atoms in total. The van der Waals surface area contributed by atoms with E-state index in [1.54, 1.807) is 16.8 Å². The third-order valence-electron chi connectivity index (χ3n) is 1.85. The van der Waals surface area contributed by atoms with Crippen LogP contribution in [0.5, 0.6) is 0 Å². The van der Waals surface area contributed by atoms with Crippen molar-refractivity contribution in [3.8, 4) is 12.3 Å². The fraction of sp³-hybridized carbons (Fsp3) is 0.700. The zero-order valence-electron chi connectivity index (χ0n) is 8.71. The van der Waals surface area contributed by atoms with Crippen LogP contribution in [-0.2, 0) is 0 Å². The van der Waals surface area contributed by atoms with Gasteiger partial charge in [-0.1, -0.05) is 12.8 Å². The zero-order chi connectivity index (χ0) is 10.3. The number of hydrogen-bond donors (Lipinski definition) is 0. The lowest BCUT2D eigenvalue weighted by Crippen LogP contribution is -2.41. The van der Waals surface area contributed by atoms with Crippen molar-refractivity contribution >= 4 is 6.03 Å². The normalized spacial score (nSPS) is 9.08. The van der Waals surface area contributed by atoms with E-state index in [0.29, 0.717) is 13.1 Å². The predicted molar refractivity (Wildman–Crippen MR) is 54.4 cm³/mol. The molecule has 2 amide bonds. The van der Waals surface area contributed by atoms with Gasteiger partial charge in [0.15, 0.2) is 0 Å². The SMILES string of the molecule is C#CCN(CCC)C(=O)N(C)CC. The maximum atomic E-state index is 11.6. The van der Waals surface area contributed by atoms with Gasteiger partial charge < -0.3 is 9.80 Å². The molecule has 74 valence electrons. The average Bonchev–Trinajstić information content (AvgIpc) is 2.15. The molecule has 0 unspecified atom stereocenters. The van der Waals surface area contributed by atoms with Crippen LogP contribution in [0.2, 0.25) is 0 Å². The van der Waals surface area contributed by atoms with Crippen molar-refractivity contribution in [1.82, 2.24) is 9.80 Å². The molecule has 0 saturated carbocycles. The summed E-state index contributed by atoms with van der Waals surface area (Å²) in [6.07, 6.45) is 6.11. The average molecular weight is 182 g/mol. The van der Waals surface area contributed by atoms with Crippen LogP contribution in [0, 0.1) is 12.3 Å². The van der Waals surface area contributed by atoms with Gasteiger partial charge in [-0.25, -0.2) is 4.79 Å². The van der Waals surface area contributed by atoms with E-state index >= 15 is 0 Å². The Balaban J connectivity index is 4.19. The highest BCUT2D eigenvalue weighted by Crippen LogP contribution is 1.97. The van der Waals surface area contributed by atoms with Crippen LogP contribution in [0.15, 0.2) is 0 Å². The number of carbonyl (C=O) groups excluding carboxylic acids is 1. The highest BCUT2D eigenvalue weighted by molar-refractivity contribution is 5.74. The van der Waals surface area contributed by atoms with Gasteiger partial charge in [0.05, 0.1) is 6.54 Å². The smallest absolute Gasteiger partial charge is 0.320 e. The Bertz CT molecular complexity index is 196. The van der Waals surface area contributed by atoms with E-state index in [1.165, 1.54) is 0 Å². The van der Waals surface area contributed by atoms with Gasteiger partial charge in [0, 0.05) is 20.1 Å². The van der Waals surface area contributed by atoms with E-state index in [4.69, 9.17) is 6.42 Å². The lowest BCUT2D eigenvalue weighted by molar-refractivity contribution is 0.171. The minimum Gasteiger partial charge on any atom is -0.328 e. The van der Waals surface area contributed by atoms with Gasteiger partial charge >= 0.3 is 6.03 Å². The standard InChI is InChI=1S/C10H18N2O/c1-5-8-12(9-6-2)10(13)11(4)7-3/h1H,6-9H2,2-4H3. The van der Waals surface area contributed by atoms with E-state index in [0.717, 1.165) is 13.0 Å². The van der Waals surface area contributed by atoms with Crippen molar-refractivity contribution in [3.05, 3.63) is 0 Å². The van der Waals surface area contributed by atoms with Crippen LogP contribution < -0.4 is 0 Å². The summed E-state index contributed by atoms with van der Waals surface area (Å²) in [4.78, 5) is 15.0. The molecule has 0 aliphatic heterocycles. The van der Waals surface area contributed by atoms with Crippen LogP contribution in [0.3, 0.4) is 0 Å². The first kappa shape index (κ1) is 11.8. The molecule has 0 spiro atoms. The molecule has 0 bridgehead atoms. The van der Waals surface area contributed by atoms with Gasteiger partial charge in [0.1, 0.15) is 0 Å². The van der Waals surface area contributed by atoms with Crippen LogP contribution >= 0.6 is 0 Å². The van der Waals surface area contributed by atoms with Gasteiger partial charge in [-0.2, -0.15) is 0 Å². The lowest BCUT2D eigenvalue weighted by Gasteiger charge is -2.25. The van der Waals surface area contributed by atoms with Crippen molar-refractivity contribution in [3.63, 3.8) is 0 Å².